The maximum absolute atomic E-state index is 13.4. The van der Waals surface area contributed by atoms with Crippen molar-refractivity contribution in [2.24, 2.45) is 11.3 Å². The van der Waals surface area contributed by atoms with E-state index in [0.29, 0.717) is 17.2 Å². The van der Waals surface area contributed by atoms with Gasteiger partial charge in [0.1, 0.15) is 4.88 Å². The molecule has 2 amide bonds. The van der Waals surface area contributed by atoms with Crippen molar-refractivity contribution >= 4 is 34.5 Å². The van der Waals surface area contributed by atoms with Gasteiger partial charge in [0.25, 0.3) is 5.91 Å². The van der Waals surface area contributed by atoms with Crippen molar-refractivity contribution in [2.45, 2.75) is 50.6 Å². The Morgan fingerprint density at radius 2 is 2.15 bits per heavy atom. The van der Waals surface area contributed by atoms with Crippen LogP contribution in [0.25, 0.3) is 0 Å². The molecule has 2 bridgehead atoms. The lowest BCUT2D eigenvalue weighted by Gasteiger charge is -2.35. The molecule has 6 nitrogen and oxygen atoms in total. The molecule has 2 aromatic rings. The number of fused-ring (bicyclic) bond motifs is 2. The molecule has 2 aliphatic heterocycles. The lowest BCUT2D eigenvalue weighted by atomic mass is 9.70. The Morgan fingerprint density at radius 3 is 2.85 bits per heavy atom. The minimum atomic E-state index is -0.563. The average molecular weight is 403 g/mol. The molecule has 3 atom stereocenters. The molecular formula is C19H22N4O2S2. The lowest BCUT2D eigenvalue weighted by Crippen LogP contribution is -2.51. The number of hydrogen-bond acceptors (Lipinski definition) is 6. The topological polar surface area (TPSA) is 75.2 Å². The Labute approximate surface area is 166 Å². The third-order valence-electron chi connectivity index (χ3n) is 6.30. The van der Waals surface area contributed by atoms with Crippen molar-refractivity contribution in [2.75, 3.05) is 6.54 Å². The number of amides is 2. The molecule has 0 spiro atoms. The smallest absolute Gasteiger partial charge is 0.266 e. The fourth-order valence-corrected chi connectivity index (χ4v) is 5.96. The highest BCUT2D eigenvalue weighted by Gasteiger charge is 2.61. The Bertz CT molecular complexity index is 834. The molecule has 1 aliphatic carbocycles. The Morgan fingerprint density at radius 1 is 1.26 bits per heavy atom. The molecule has 5 rings (SSSR count). The van der Waals surface area contributed by atoms with E-state index in [0.717, 1.165) is 31.5 Å². The molecule has 3 aliphatic rings. The molecule has 2 aromatic heterocycles. The van der Waals surface area contributed by atoms with Gasteiger partial charge in [0.15, 0.2) is 0 Å². The van der Waals surface area contributed by atoms with Crippen LogP contribution in [0.3, 0.4) is 0 Å². The van der Waals surface area contributed by atoms with Gasteiger partial charge in [0, 0.05) is 30.4 Å². The quantitative estimate of drug-likeness (QED) is 0.806. The first-order valence-corrected chi connectivity index (χ1v) is 11.4. The fourth-order valence-electron chi connectivity index (χ4n) is 4.84. The molecule has 0 aromatic carbocycles. The number of rotatable bonds is 6. The predicted molar refractivity (Wildman–Crippen MR) is 104 cm³/mol. The van der Waals surface area contributed by atoms with Crippen LogP contribution in [-0.4, -0.2) is 45.3 Å². The first-order chi connectivity index (χ1) is 13.2. The number of thiazole rings is 2. The summed E-state index contributed by atoms with van der Waals surface area (Å²) in [7, 11) is 0. The Kier molecular flexibility index (Phi) is 4.27. The summed E-state index contributed by atoms with van der Waals surface area (Å²) in [5.41, 5.74) is 3.90. The van der Waals surface area contributed by atoms with Gasteiger partial charge < -0.3 is 10.2 Å². The van der Waals surface area contributed by atoms with E-state index in [9.17, 15) is 9.59 Å². The number of nitrogens with zero attached hydrogens (tertiary/aromatic N) is 3. The molecule has 2 saturated heterocycles. The molecule has 3 fully saturated rings. The number of nitrogens with one attached hydrogen (secondary N) is 1. The van der Waals surface area contributed by atoms with Crippen LogP contribution in [0.5, 0.6) is 0 Å². The summed E-state index contributed by atoms with van der Waals surface area (Å²) in [5.74, 6) is 0.774. The van der Waals surface area contributed by atoms with E-state index in [1.165, 1.54) is 24.2 Å². The van der Waals surface area contributed by atoms with E-state index < -0.39 is 5.41 Å². The van der Waals surface area contributed by atoms with Crippen LogP contribution >= 0.6 is 22.7 Å². The van der Waals surface area contributed by atoms with Gasteiger partial charge in [-0.3, -0.25) is 14.6 Å². The van der Waals surface area contributed by atoms with Crippen LogP contribution < -0.4 is 5.32 Å². The van der Waals surface area contributed by atoms with Crippen LogP contribution in [-0.2, 0) is 11.2 Å². The third kappa shape index (κ3) is 2.99. The number of hydrogen-bond donors (Lipinski definition) is 1. The van der Waals surface area contributed by atoms with E-state index in [1.807, 2.05) is 15.8 Å². The standard InChI is InChI=1S/C19H22N4O2S2/c24-17(15-8-20-10-27-15)23-14-3-4-16(23)19(6-14,5-13-9-26-11-22-13)18(25)21-7-12-1-2-12/h8-12,14,16H,1-7H2,(H,21,25)/t14-,16+,19+/m1/s1. The molecule has 142 valence electrons. The van der Waals surface area contributed by atoms with Gasteiger partial charge in [0.05, 0.1) is 28.3 Å². The molecule has 27 heavy (non-hydrogen) atoms. The van der Waals surface area contributed by atoms with Gasteiger partial charge in [-0.1, -0.05) is 0 Å². The highest BCUT2D eigenvalue weighted by atomic mass is 32.1. The highest BCUT2D eigenvalue weighted by molar-refractivity contribution is 7.11. The molecule has 0 unspecified atom stereocenters. The summed E-state index contributed by atoms with van der Waals surface area (Å²) in [4.78, 5) is 37.6. The molecule has 1 saturated carbocycles. The first-order valence-electron chi connectivity index (χ1n) is 9.54. The van der Waals surface area contributed by atoms with E-state index in [1.54, 1.807) is 23.0 Å². The van der Waals surface area contributed by atoms with E-state index in [4.69, 9.17) is 0 Å². The van der Waals surface area contributed by atoms with Gasteiger partial charge in [-0.05, 0) is 38.0 Å². The second-order valence-electron chi connectivity index (χ2n) is 8.00. The van der Waals surface area contributed by atoms with E-state index in [-0.39, 0.29) is 23.9 Å². The number of aromatic nitrogens is 2. The summed E-state index contributed by atoms with van der Waals surface area (Å²) >= 11 is 2.93. The summed E-state index contributed by atoms with van der Waals surface area (Å²) in [6.07, 6.45) is 7.26. The van der Waals surface area contributed by atoms with Crippen molar-refractivity contribution in [3.8, 4) is 0 Å². The average Bonchev–Trinajstić information content (AvgIpc) is 3.13. The largest absolute Gasteiger partial charge is 0.355 e. The number of carbonyl (C=O) groups is 2. The second-order valence-corrected chi connectivity index (χ2v) is 9.60. The molecule has 0 radical (unpaired) electrons. The zero-order valence-corrected chi connectivity index (χ0v) is 16.6. The van der Waals surface area contributed by atoms with E-state index in [2.05, 4.69) is 15.3 Å². The first kappa shape index (κ1) is 17.3. The van der Waals surface area contributed by atoms with Crippen molar-refractivity contribution in [3.63, 3.8) is 0 Å². The van der Waals surface area contributed by atoms with Crippen molar-refractivity contribution in [1.82, 2.24) is 20.2 Å². The van der Waals surface area contributed by atoms with Gasteiger partial charge in [-0.25, -0.2) is 4.98 Å². The van der Waals surface area contributed by atoms with Gasteiger partial charge >= 0.3 is 0 Å². The monoisotopic (exact) mass is 402 g/mol. The second kappa shape index (κ2) is 6.67. The zero-order chi connectivity index (χ0) is 18.4. The summed E-state index contributed by atoms with van der Waals surface area (Å²) in [6, 6.07) is 0.0768. The maximum atomic E-state index is 13.4. The highest BCUT2D eigenvalue weighted by Crippen LogP contribution is 2.52. The predicted octanol–water partition coefficient (Wildman–Crippen LogP) is 2.73. The molecule has 1 N–H and O–H groups in total. The SMILES string of the molecule is O=C(c1cncs1)N1[C@@H]2CC[C@H]1[C@@](Cc1cscn1)(C(=O)NCC1CC1)C2. The minimum absolute atomic E-state index is 0.0279. The van der Waals surface area contributed by atoms with E-state index >= 15 is 0 Å². The van der Waals surface area contributed by atoms with Crippen LogP contribution in [0.4, 0.5) is 0 Å². The van der Waals surface area contributed by atoms with Gasteiger partial charge in [-0.2, -0.15) is 0 Å². The summed E-state index contributed by atoms with van der Waals surface area (Å²) < 4.78 is 0. The molecule has 8 heteroatoms. The molecular weight excluding hydrogens is 380 g/mol. The molecule has 4 heterocycles. The number of carbonyl (C=O) groups excluding carboxylic acids is 2. The van der Waals surface area contributed by atoms with Gasteiger partial charge in [0.2, 0.25) is 5.91 Å². The lowest BCUT2D eigenvalue weighted by molar-refractivity contribution is -0.132. The van der Waals surface area contributed by atoms with Gasteiger partial charge in [-0.15, -0.1) is 22.7 Å². The fraction of sp³-hybridized carbons (Fsp3) is 0.579. The minimum Gasteiger partial charge on any atom is -0.355 e. The van der Waals surface area contributed by atoms with Crippen molar-refractivity contribution in [1.29, 1.82) is 0 Å². The Hall–Kier alpha value is -1.80. The van der Waals surface area contributed by atoms with Crippen molar-refractivity contribution < 1.29 is 9.59 Å². The maximum Gasteiger partial charge on any atom is 0.266 e. The van der Waals surface area contributed by atoms with Crippen LogP contribution in [0.2, 0.25) is 0 Å². The van der Waals surface area contributed by atoms with Crippen molar-refractivity contribution in [3.05, 3.63) is 33.2 Å². The zero-order valence-electron chi connectivity index (χ0n) is 15.0. The Balaban J connectivity index is 1.45. The third-order valence-corrected chi connectivity index (χ3v) is 7.69. The normalized spacial score (nSPS) is 29.3. The summed E-state index contributed by atoms with van der Waals surface area (Å²) in [5, 5.41) is 5.23. The van der Waals surface area contributed by atoms with Crippen LogP contribution in [0.15, 0.2) is 22.6 Å². The van der Waals surface area contributed by atoms with Crippen LogP contribution in [0, 0.1) is 11.3 Å². The van der Waals surface area contributed by atoms with Crippen LogP contribution in [0.1, 0.15) is 47.5 Å². The summed E-state index contributed by atoms with van der Waals surface area (Å²) in [6.45, 7) is 0.762.